The van der Waals surface area contributed by atoms with Crippen LogP contribution in [0.2, 0.25) is 0 Å². The minimum absolute atomic E-state index is 0.0114. The first kappa shape index (κ1) is 22.0. The highest BCUT2D eigenvalue weighted by Gasteiger charge is 2.22. The molecule has 0 aliphatic carbocycles. The molecule has 0 aliphatic heterocycles. The van der Waals surface area contributed by atoms with Crippen LogP contribution in [0.5, 0.6) is 0 Å². The van der Waals surface area contributed by atoms with Crippen LogP contribution in [0.1, 0.15) is 43.0 Å². The average molecular weight is 413 g/mol. The molecule has 0 aliphatic rings. The molecule has 8 heteroatoms. The molecule has 0 amide bonds. The van der Waals surface area contributed by atoms with Crippen molar-refractivity contribution in [1.29, 1.82) is 0 Å². The fraction of sp³-hybridized carbons (Fsp3) is 0.562. The van der Waals surface area contributed by atoms with E-state index in [2.05, 4.69) is 6.92 Å². The monoisotopic (exact) mass is 412 g/mol. The van der Waals surface area contributed by atoms with Crippen LogP contribution in [0.15, 0.2) is 30.3 Å². The van der Waals surface area contributed by atoms with Gasteiger partial charge >= 0.3 is 6.07 Å². The van der Waals surface area contributed by atoms with E-state index in [1.54, 1.807) is 24.3 Å². The first-order valence-electron chi connectivity index (χ1n) is 7.90. The summed E-state index contributed by atoms with van der Waals surface area (Å²) in [6, 6.07) is 8.93. The Balaban J connectivity index is 2.48. The third kappa shape index (κ3) is 10.8. The zero-order chi connectivity index (χ0) is 17.8. The molecular weight excluding hydrogens is 390 g/mol. The Morgan fingerprint density at radius 3 is 2.50 bits per heavy atom. The minimum atomic E-state index is -3.62. The fourth-order valence-electron chi connectivity index (χ4n) is 1.93. The van der Waals surface area contributed by atoms with Gasteiger partial charge in [-0.15, -0.1) is 0 Å². The van der Waals surface area contributed by atoms with Crippen LogP contribution >= 0.6 is 40.3 Å². The quantitative estimate of drug-likeness (QED) is 0.305. The van der Waals surface area contributed by atoms with Gasteiger partial charge in [-0.25, -0.2) is 0 Å². The summed E-state index contributed by atoms with van der Waals surface area (Å²) in [5.74, 6) is 0. The van der Waals surface area contributed by atoms with Crippen LogP contribution in [0, 0.1) is 0 Å². The maximum absolute atomic E-state index is 12.3. The summed E-state index contributed by atoms with van der Waals surface area (Å²) >= 11 is 11.9. The highest BCUT2D eigenvalue weighted by molar-refractivity contribution is 8.14. The number of unbranched alkanes of at least 4 members (excludes halogenated alkanes) is 3. The van der Waals surface area contributed by atoms with Crippen molar-refractivity contribution < 1.29 is 18.6 Å². The summed E-state index contributed by atoms with van der Waals surface area (Å²) in [7, 11) is 0. The summed E-state index contributed by atoms with van der Waals surface area (Å²) in [6.45, 7) is 3.07. The van der Waals surface area contributed by atoms with E-state index in [1.165, 1.54) is 12.8 Å². The number of hydrogen-bond donors (Lipinski definition) is 0. The molecule has 1 aromatic carbocycles. The molecular formula is C16H23Cl2O4PS. The molecule has 0 N–H and O–H groups in total. The first-order chi connectivity index (χ1) is 11.4. The Morgan fingerprint density at radius 2 is 1.88 bits per heavy atom. The lowest BCUT2D eigenvalue weighted by Gasteiger charge is -2.16. The topological polar surface area (TPSA) is 52.6 Å². The molecule has 0 saturated carbocycles. The van der Waals surface area contributed by atoms with E-state index in [0.717, 1.165) is 24.6 Å². The number of carbonyl (C=O) groups excluding carboxylic acids is 1. The van der Waals surface area contributed by atoms with Crippen molar-refractivity contribution in [3.63, 3.8) is 0 Å². The highest BCUT2D eigenvalue weighted by atomic mass is 35.9. The molecule has 1 rings (SSSR count). The maximum atomic E-state index is 12.3. The standard InChI is InChI=1S/C16H23Cl2O4PS/c1-2-3-4-8-11-21-12-15(13-22-23(17,18)20)24-16(19)14-9-6-5-7-10-14/h5-7,9-10,15H,2-4,8,11-13H2,1H3/t15-/m0/s1. The Bertz CT molecular complexity index is 524. The summed E-state index contributed by atoms with van der Waals surface area (Å²) in [6.07, 6.45) is 0.812. The van der Waals surface area contributed by atoms with Gasteiger partial charge in [-0.2, -0.15) is 0 Å². The van der Waals surface area contributed by atoms with Crippen molar-refractivity contribution in [2.75, 3.05) is 19.8 Å². The number of hydrogen-bond acceptors (Lipinski definition) is 5. The zero-order valence-electron chi connectivity index (χ0n) is 13.7. The number of thioether (sulfide) groups is 1. The van der Waals surface area contributed by atoms with E-state index in [0.29, 0.717) is 18.8 Å². The van der Waals surface area contributed by atoms with E-state index in [9.17, 15) is 9.36 Å². The second-order valence-corrected chi connectivity index (χ2v) is 10.8. The number of ether oxygens (including phenoxy) is 1. The van der Waals surface area contributed by atoms with Crippen LogP contribution in [0.3, 0.4) is 0 Å². The van der Waals surface area contributed by atoms with Crippen LogP contribution < -0.4 is 0 Å². The van der Waals surface area contributed by atoms with E-state index in [1.807, 2.05) is 6.07 Å². The normalized spacial score (nSPS) is 13.0. The molecule has 0 spiro atoms. The Kier molecular flexibility index (Phi) is 11.3. The van der Waals surface area contributed by atoms with Crippen LogP contribution in [-0.2, 0) is 13.8 Å². The molecule has 0 radical (unpaired) electrons. The van der Waals surface area contributed by atoms with Gasteiger partial charge in [0.1, 0.15) is 0 Å². The van der Waals surface area contributed by atoms with E-state index in [-0.39, 0.29) is 17.0 Å². The molecule has 4 nitrogen and oxygen atoms in total. The lowest BCUT2D eigenvalue weighted by molar-refractivity contribution is 0.107. The summed E-state index contributed by atoms with van der Waals surface area (Å²) in [4.78, 5) is 12.3. The molecule has 0 bridgehead atoms. The first-order valence-corrected chi connectivity index (χ1v) is 12.2. The van der Waals surface area contributed by atoms with Crippen molar-refractivity contribution in [2.45, 2.75) is 37.9 Å². The predicted molar refractivity (Wildman–Crippen MR) is 102 cm³/mol. The summed E-state index contributed by atoms with van der Waals surface area (Å²) < 4.78 is 21.9. The van der Waals surface area contributed by atoms with Crippen LogP contribution in [0.25, 0.3) is 0 Å². The number of benzene rings is 1. The van der Waals surface area contributed by atoms with Gasteiger partial charge in [0.25, 0.3) is 0 Å². The number of rotatable bonds is 12. The summed E-state index contributed by atoms with van der Waals surface area (Å²) in [5, 5.41) is -0.424. The Hall–Kier alpha value is -0.0300. The van der Waals surface area contributed by atoms with Gasteiger partial charge in [0, 0.05) is 12.2 Å². The fourth-order valence-corrected chi connectivity index (χ4v) is 3.59. The zero-order valence-corrected chi connectivity index (χ0v) is 16.9. The average Bonchev–Trinajstić information content (AvgIpc) is 2.55. The maximum Gasteiger partial charge on any atom is 0.380 e. The molecule has 0 unspecified atom stereocenters. The molecule has 0 saturated heterocycles. The second-order valence-electron chi connectivity index (χ2n) is 5.24. The minimum Gasteiger partial charge on any atom is -0.380 e. The molecule has 0 aromatic heterocycles. The SMILES string of the molecule is CCCCCCOC[C@@H](COP(=O)(Cl)Cl)SC(=O)c1ccccc1. The van der Waals surface area contributed by atoms with Crippen molar-refractivity contribution in [3.8, 4) is 0 Å². The lowest BCUT2D eigenvalue weighted by atomic mass is 10.2. The van der Waals surface area contributed by atoms with E-state index < -0.39 is 6.07 Å². The van der Waals surface area contributed by atoms with E-state index >= 15 is 0 Å². The van der Waals surface area contributed by atoms with Crippen molar-refractivity contribution in [1.82, 2.24) is 0 Å². The molecule has 136 valence electrons. The third-order valence-electron chi connectivity index (χ3n) is 3.14. The second kappa shape index (κ2) is 12.3. The Morgan fingerprint density at radius 1 is 1.17 bits per heavy atom. The Labute approximate surface area is 157 Å². The van der Waals surface area contributed by atoms with Crippen molar-refractivity contribution in [3.05, 3.63) is 35.9 Å². The summed E-state index contributed by atoms with van der Waals surface area (Å²) in [5.41, 5.74) is 0.593. The lowest BCUT2D eigenvalue weighted by Crippen LogP contribution is -2.20. The molecule has 1 aromatic rings. The van der Waals surface area contributed by atoms with Gasteiger partial charge in [0.15, 0.2) is 0 Å². The van der Waals surface area contributed by atoms with Gasteiger partial charge in [0.05, 0.1) is 18.5 Å². The number of carbonyl (C=O) groups is 1. The molecule has 1 atom stereocenters. The van der Waals surface area contributed by atoms with Gasteiger partial charge in [-0.05, 0) is 28.9 Å². The van der Waals surface area contributed by atoms with Gasteiger partial charge in [-0.1, -0.05) is 68.3 Å². The molecule has 24 heavy (non-hydrogen) atoms. The van der Waals surface area contributed by atoms with Crippen LogP contribution in [0.4, 0.5) is 0 Å². The van der Waals surface area contributed by atoms with Gasteiger partial charge < -0.3 is 9.26 Å². The van der Waals surface area contributed by atoms with E-state index in [4.69, 9.17) is 31.7 Å². The number of halogens is 2. The highest BCUT2D eigenvalue weighted by Crippen LogP contribution is 2.57. The van der Waals surface area contributed by atoms with Crippen molar-refractivity contribution in [2.24, 2.45) is 0 Å². The van der Waals surface area contributed by atoms with Gasteiger partial charge in [0.2, 0.25) is 5.12 Å². The predicted octanol–water partition coefficient (Wildman–Crippen LogP) is 6.13. The molecule has 0 heterocycles. The smallest absolute Gasteiger partial charge is 0.380 e. The largest absolute Gasteiger partial charge is 0.380 e. The van der Waals surface area contributed by atoms with Gasteiger partial charge in [-0.3, -0.25) is 9.36 Å². The van der Waals surface area contributed by atoms with Crippen LogP contribution in [-0.4, -0.2) is 30.2 Å². The van der Waals surface area contributed by atoms with Crippen molar-refractivity contribution >= 4 is 45.4 Å². The third-order valence-corrected chi connectivity index (χ3v) is 5.23. The molecule has 0 fully saturated rings.